The molecule has 4 atom stereocenters. The number of rotatable bonds is 5. The first-order valence-corrected chi connectivity index (χ1v) is 12.5. The number of fused-ring (bicyclic) bond motifs is 1. The fourth-order valence-electron chi connectivity index (χ4n) is 5.86. The van der Waals surface area contributed by atoms with E-state index in [1.807, 2.05) is 6.07 Å². The topological polar surface area (TPSA) is 0 Å². The lowest BCUT2D eigenvalue weighted by Crippen LogP contribution is -2.30. The molecule has 0 bridgehead atoms. The molecule has 34 heavy (non-hydrogen) atoms. The largest absolute Gasteiger partial charge is 0.207 e. The summed E-state index contributed by atoms with van der Waals surface area (Å²) in [6.45, 7) is 5.68. The molecule has 0 spiro atoms. The maximum Gasteiger partial charge on any atom is 0.139 e. The quantitative estimate of drug-likeness (QED) is 0.309. The van der Waals surface area contributed by atoms with Gasteiger partial charge in [0, 0.05) is 11.1 Å². The van der Waals surface area contributed by atoms with Gasteiger partial charge >= 0.3 is 0 Å². The molecule has 0 saturated heterocycles. The van der Waals surface area contributed by atoms with Gasteiger partial charge in [0.15, 0.2) is 0 Å². The van der Waals surface area contributed by atoms with E-state index in [9.17, 15) is 13.2 Å². The molecule has 0 nitrogen and oxygen atoms in total. The smallest absolute Gasteiger partial charge is 0.139 e. The van der Waals surface area contributed by atoms with Crippen LogP contribution in [0.5, 0.6) is 0 Å². The van der Waals surface area contributed by atoms with Crippen LogP contribution in [0.15, 0.2) is 55.1 Å². The molecule has 0 amide bonds. The van der Waals surface area contributed by atoms with E-state index in [0.29, 0.717) is 12.3 Å². The molecule has 0 aromatic heterocycles. The normalized spacial score (nSPS) is 24.4. The Hall–Kier alpha value is -2.73. The van der Waals surface area contributed by atoms with E-state index < -0.39 is 11.6 Å². The van der Waals surface area contributed by atoms with Crippen molar-refractivity contribution in [2.75, 3.05) is 0 Å². The minimum Gasteiger partial charge on any atom is -0.207 e. The van der Waals surface area contributed by atoms with Gasteiger partial charge in [0.2, 0.25) is 0 Å². The fraction of sp³-hybridized carbons (Fsp3) is 0.419. The third-order valence-electron chi connectivity index (χ3n) is 7.66. The summed E-state index contributed by atoms with van der Waals surface area (Å²) in [5, 5.41) is 0. The van der Waals surface area contributed by atoms with Gasteiger partial charge in [0.25, 0.3) is 0 Å². The first-order chi connectivity index (χ1) is 16.5. The van der Waals surface area contributed by atoms with Crippen molar-refractivity contribution in [1.29, 1.82) is 0 Å². The average Bonchev–Trinajstić information content (AvgIpc) is 2.82. The van der Waals surface area contributed by atoms with Crippen molar-refractivity contribution in [2.24, 2.45) is 17.8 Å². The summed E-state index contributed by atoms with van der Waals surface area (Å²) in [6.07, 6.45) is 14.2. The van der Waals surface area contributed by atoms with Gasteiger partial charge in [-0.05, 0) is 112 Å². The van der Waals surface area contributed by atoms with Gasteiger partial charge in [-0.1, -0.05) is 36.1 Å². The summed E-state index contributed by atoms with van der Waals surface area (Å²) in [4.78, 5) is 0. The van der Waals surface area contributed by atoms with Gasteiger partial charge in [-0.2, -0.15) is 0 Å². The van der Waals surface area contributed by atoms with Gasteiger partial charge in [0.05, 0.1) is 5.56 Å². The van der Waals surface area contributed by atoms with Crippen molar-refractivity contribution in [3.63, 3.8) is 0 Å². The summed E-state index contributed by atoms with van der Waals surface area (Å²) < 4.78 is 43.4. The van der Waals surface area contributed by atoms with Crippen LogP contribution >= 0.6 is 0 Å². The highest BCUT2D eigenvalue weighted by atomic mass is 19.1. The monoisotopic (exact) mass is 462 g/mol. The number of allylic oxidation sites excluding steroid dienone is 3. The average molecular weight is 463 g/mol. The van der Waals surface area contributed by atoms with Crippen molar-refractivity contribution >= 4 is 0 Å². The summed E-state index contributed by atoms with van der Waals surface area (Å²) in [7, 11) is 0. The van der Waals surface area contributed by atoms with Crippen LogP contribution in [-0.2, 0) is 6.42 Å². The first-order valence-electron chi connectivity index (χ1n) is 12.5. The lowest BCUT2D eigenvalue weighted by molar-refractivity contribution is 0.133. The SMILES string of the molecule is C=CCCc1c(F)cc(C#Cc2ccc(C3CCC4CC(/C=C/C)CCC4C3)cc2F)cc1F. The molecule has 3 heteroatoms. The molecule has 0 aliphatic heterocycles. The van der Waals surface area contributed by atoms with E-state index in [1.165, 1.54) is 37.8 Å². The highest BCUT2D eigenvalue weighted by molar-refractivity contribution is 5.46. The minimum absolute atomic E-state index is 0.0334. The maximum absolute atomic E-state index is 14.9. The Morgan fingerprint density at radius 3 is 2.35 bits per heavy atom. The second kappa shape index (κ2) is 11.1. The zero-order chi connectivity index (χ0) is 24.1. The van der Waals surface area contributed by atoms with E-state index >= 15 is 0 Å². The first kappa shape index (κ1) is 24.4. The second-order valence-electron chi connectivity index (χ2n) is 9.86. The molecular weight excluding hydrogens is 429 g/mol. The summed E-state index contributed by atoms with van der Waals surface area (Å²) in [5.41, 5.74) is 1.53. The second-order valence-corrected chi connectivity index (χ2v) is 9.86. The highest BCUT2D eigenvalue weighted by Gasteiger charge is 2.35. The van der Waals surface area contributed by atoms with E-state index in [-0.39, 0.29) is 28.9 Å². The molecule has 2 saturated carbocycles. The fourth-order valence-corrected chi connectivity index (χ4v) is 5.86. The predicted molar refractivity (Wildman–Crippen MR) is 133 cm³/mol. The molecule has 0 N–H and O–H groups in total. The van der Waals surface area contributed by atoms with Gasteiger partial charge in [-0.25, -0.2) is 13.2 Å². The molecule has 2 aromatic rings. The Morgan fingerprint density at radius 1 is 0.912 bits per heavy atom. The zero-order valence-electron chi connectivity index (χ0n) is 19.9. The van der Waals surface area contributed by atoms with Gasteiger partial charge in [-0.15, -0.1) is 6.58 Å². The van der Waals surface area contributed by atoms with Crippen LogP contribution in [0, 0.1) is 47.0 Å². The third kappa shape index (κ3) is 5.66. The molecule has 4 rings (SSSR count). The van der Waals surface area contributed by atoms with Crippen LogP contribution in [0.25, 0.3) is 0 Å². The Labute approximate surface area is 202 Å². The summed E-state index contributed by atoms with van der Waals surface area (Å²) in [6, 6.07) is 7.72. The molecule has 2 aliphatic rings. The van der Waals surface area contributed by atoms with E-state index in [4.69, 9.17) is 0 Å². The number of hydrogen-bond acceptors (Lipinski definition) is 0. The zero-order valence-corrected chi connectivity index (χ0v) is 19.9. The molecule has 178 valence electrons. The Kier molecular flexibility index (Phi) is 7.99. The Morgan fingerprint density at radius 2 is 1.65 bits per heavy atom. The van der Waals surface area contributed by atoms with Gasteiger partial charge in [0.1, 0.15) is 17.5 Å². The van der Waals surface area contributed by atoms with Crippen molar-refractivity contribution in [1.82, 2.24) is 0 Å². The molecule has 0 heterocycles. The van der Waals surface area contributed by atoms with Gasteiger partial charge in [-0.3, -0.25) is 0 Å². The van der Waals surface area contributed by atoms with Crippen LogP contribution in [0.3, 0.4) is 0 Å². The standard InChI is InChI=1S/C31H33F3/c1-3-5-7-28-30(33)17-22(18-31(28)34)9-10-23-12-13-27(20-29(23)32)26-15-14-24-16-21(6-4-2)8-11-25(24)19-26/h3-4,6,12-13,17-18,20-21,24-26H,1,5,7-8,11,14-16,19H2,2H3/b6-4+. The van der Waals surface area contributed by atoms with Crippen LogP contribution in [0.2, 0.25) is 0 Å². The van der Waals surface area contributed by atoms with E-state index in [1.54, 1.807) is 18.2 Å². The molecular formula is C31H33F3. The van der Waals surface area contributed by atoms with E-state index in [2.05, 4.69) is 37.5 Å². The van der Waals surface area contributed by atoms with E-state index in [0.717, 1.165) is 36.2 Å². The maximum atomic E-state index is 14.9. The van der Waals surface area contributed by atoms with Crippen LogP contribution in [0.4, 0.5) is 13.2 Å². The molecule has 2 aliphatic carbocycles. The predicted octanol–water partition coefficient (Wildman–Crippen LogP) is 8.50. The van der Waals surface area contributed by atoms with Gasteiger partial charge < -0.3 is 0 Å². The van der Waals surface area contributed by atoms with Crippen LogP contribution in [0.1, 0.15) is 80.0 Å². The third-order valence-corrected chi connectivity index (χ3v) is 7.66. The Bertz CT molecular complexity index is 1090. The Balaban J connectivity index is 1.44. The van der Waals surface area contributed by atoms with Crippen LogP contribution < -0.4 is 0 Å². The number of halogens is 3. The highest BCUT2D eigenvalue weighted by Crippen LogP contribution is 2.47. The van der Waals surface area contributed by atoms with Crippen molar-refractivity contribution in [2.45, 2.75) is 64.2 Å². The lowest BCUT2D eigenvalue weighted by atomic mass is 9.64. The van der Waals surface area contributed by atoms with Crippen molar-refractivity contribution in [3.8, 4) is 11.8 Å². The molecule has 2 aromatic carbocycles. The number of hydrogen-bond donors (Lipinski definition) is 0. The lowest BCUT2D eigenvalue weighted by Gasteiger charge is -2.41. The molecule has 2 fully saturated rings. The van der Waals surface area contributed by atoms with Crippen LogP contribution in [-0.4, -0.2) is 0 Å². The summed E-state index contributed by atoms with van der Waals surface area (Å²) >= 11 is 0. The summed E-state index contributed by atoms with van der Waals surface area (Å²) in [5.74, 6) is 6.51. The minimum atomic E-state index is -0.627. The molecule has 0 radical (unpaired) electrons. The van der Waals surface area contributed by atoms with Crippen molar-refractivity contribution < 1.29 is 13.2 Å². The number of benzene rings is 2. The molecule has 4 unspecified atom stereocenters. The van der Waals surface area contributed by atoms with Crippen molar-refractivity contribution in [3.05, 3.63) is 94.8 Å².